The molecule has 0 aromatic heterocycles. The van der Waals surface area contributed by atoms with Crippen molar-refractivity contribution in [3.63, 3.8) is 0 Å². The van der Waals surface area contributed by atoms with Crippen LogP contribution in [-0.4, -0.2) is 46.8 Å². The van der Waals surface area contributed by atoms with Crippen molar-refractivity contribution in [1.82, 2.24) is 4.90 Å². The van der Waals surface area contributed by atoms with Gasteiger partial charge in [0.05, 0.1) is 6.61 Å². The van der Waals surface area contributed by atoms with Gasteiger partial charge in [-0.25, -0.2) is 4.79 Å². The molecule has 4 nitrogen and oxygen atoms in total. The topological polar surface area (TPSA) is 49.8 Å². The molecule has 0 saturated heterocycles. The maximum Gasteiger partial charge on any atom is 0.336 e. The molecular formula is C13H31NO3S. The van der Waals surface area contributed by atoms with Gasteiger partial charge in [0.1, 0.15) is 0 Å². The van der Waals surface area contributed by atoms with Crippen LogP contribution in [0.2, 0.25) is 0 Å². The number of nitrogens with zero attached hydrogens (tertiary/aromatic N) is 1. The van der Waals surface area contributed by atoms with Crippen molar-refractivity contribution in [2.45, 2.75) is 73.2 Å². The average Bonchev–Trinajstić information content (AvgIpc) is 2.15. The minimum Gasteiger partial charge on any atom is -0.464 e. The van der Waals surface area contributed by atoms with Gasteiger partial charge in [0, 0.05) is 18.1 Å². The molecular weight excluding hydrogens is 250 g/mol. The minimum absolute atomic E-state index is 0. The van der Waals surface area contributed by atoms with Crippen molar-refractivity contribution in [3.05, 3.63) is 0 Å². The third kappa shape index (κ3) is 6.61. The van der Waals surface area contributed by atoms with Gasteiger partial charge in [-0.1, -0.05) is 7.43 Å². The highest BCUT2D eigenvalue weighted by Crippen LogP contribution is 2.14. The van der Waals surface area contributed by atoms with Crippen molar-refractivity contribution in [2.75, 3.05) is 6.61 Å². The molecule has 0 fully saturated rings. The highest BCUT2D eigenvalue weighted by molar-refractivity contribution is 7.59. The quantitative estimate of drug-likeness (QED) is 0.758. The Kier molecular flexibility index (Phi) is 13.5. The molecule has 18 heavy (non-hydrogen) atoms. The number of carbonyl (C=O) groups is 1. The second kappa shape index (κ2) is 10.6. The Hall–Kier alpha value is -0.260. The Morgan fingerprint density at radius 2 is 1.56 bits per heavy atom. The van der Waals surface area contributed by atoms with Gasteiger partial charge < -0.3 is 9.84 Å². The van der Waals surface area contributed by atoms with Crippen LogP contribution >= 0.6 is 13.5 Å². The lowest BCUT2D eigenvalue weighted by molar-refractivity contribution is -0.157. The van der Waals surface area contributed by atoms with Crippen LogP contribution in [0.4, 0.5) is 0 Å². The van der Waals surface area contributed by atoms with Gasteiger partial charge in [-0.2, -0.15) is 13.5 Å². The van der Waals surface area contributed by atoms with Crippen LogP contribution < -0.4 is 0 Å². The van der Waals surface area contributed by atoms with Crippen LogP contribution in [0.15, 0.2) is 0 Å². The van der Waals surface area contributed by atoms with E-state index in [-0.39, 0.29) is 39.0 Å². The van der Waals surface area contributed by atoms with E-state index in [1.54, 1.807) is 6.92 Å². The first-order chi connectivity index (χ1) is 7.32. The summed E-state index contributed by atoms with van der Waals surface area (Å²) >= 11 is 0. The molecule has 0 aromatic rings. The van der Waals surface area contributed by atoms with E-state index in [2.05, 4.69) is 4.90 Å². The zero-order valence-corrected chi connectivity index (χ0v) is 12.7. The lowest BCUT2D eigenvalue weighted by Gasteiger charge is -2.37. The van der Waals surface area contributed by atoms with Gasteiger partial charge in [-0.3, -0.25) is 4.90 Å². The molecule has 0 amide bonds. The van der Waals surface area contributed by atoms with Crippen molar-refractivity contribution in [3.8, 4) is 0 Å². The SMILES string of the molecule is C.CCOC(=O)[C@H](O)[C@H](C)N(C(C)C)C(C)C.S. The molecule has 112 valence electrons. The zero-order valence-electron chi connectivity index (χ0n) is 11.7. The van der Waals surface area contributed by atoms with E-state index in [1.807, 2.05) is 34.6 Å². The normalized spacial score (nSPS) is 13.9. The zero-order chi connectivity index (χ0) is 12.9. The van der Waals surface area contributed by atoms with Crippen LogP contribution in [0.5, 0.6) is 0 Å². The fraction of sp³-hybridized carbons (Fsp3) is 0.923. The maximum absolute atomic E-state index is 11.4. The van der Waals surface area contributed by atoms with Gasteiger partial charge in [-0.15, -0.1) is 0 Å². The standard InChI is InChI=1S/C12H25NO3.CH4.H2S/c1-7-16-12(15)11(14)10(6)13(8(2)3)9(4)5;;/h8-11,14H,7H2,1-6H3;1H4;1H2/t10-,11+;;/m0../s1. The van der Waals surface area contributed by atoms with E-state index in [0.29, 0.717) is 6.61 Å². The molecule has 0 aliphatic heterocycles. The van der Waals surface area contributed by atoms with E-state index < -0.39 is 12.1 Å². The number of hydrogen-bond acceptors (Lipinski definition) is 4. The summed E-state index contributed by atoms with van der Waals surface area (Å²) in [6.45, 7) is 12.1. The molecule has 0 bridgehead atoms. The molecule has 0 rings (SSSR count). The number of ether oxygens (including phenoxy) is 1. The van der Waals surface area contributed by atoms with Crippen LogP contribution in [0.25, 0.3) is 0 Å². The number of esters is 1. The third-order valence-electron chi connectivity index (χ3n) is 2.65. The summed E-state index contributed by atoms with van der Waals surface area (Å²) < 4.78 is 4.82. The summed E-state index contributed by atoms with van der Waals surface area (Å²) in [5, 5.41) is 9.87. The Morgan fingerprint density at radius 3 is 1.83 bits per heavy atom. The van der Waals surface area contributed by atoms with E-state index >= 15 is 0 Å². The predicted molar refractivity (Wildman–Crippen MR) is 81.3 cm³/mol. The Labute approximate surface area is 119 Å². The van der Waals surface area contributed by atoms with Gasteiger partial charge in [0.15, 0.2) is 6.10 Å². The Morgan fingerprint density at radius 1 is 1.17 bits per heavy atom. The molecule has 1 N–H and O–H groups in total. The lowest BCUT2D eigenvalue weighted by Crippen LogP contribution is -2.51. The van der Waals surface area contributed by atoms with Gasteiger partial charge in [0.2, 0.25) is 0 Å². The van der Waals surface area contributed by atoms with Gasteiger partial charge >= 0.3 is 5.97 Å². The molecule has 0 aromatic carbocycles. The van der Waals surface area contributed by atoms with Crippen LogP contribution in [0, 0.1) is 0 Å². The molecule has 0 aliphatic rings. The Bertz CT molecular complexity index is 214. The molecule has 0 unspecified atom stereocenters. The molecule has 5 heteroatoms. The summed E-state index contributed by atoms with van der Waals surface area (Å²) in [6, 6.07) is 0.317. The van der Waals surface area contributed by atoms with E-state index in [0.717, 1.165) is 0 Å². The predicted octanol–water partition coefficient (Wildman–Crippen LogP) is 2.17. The first-order valence-corrected chi connectivity index (χ1v) is 5.95. The van der Waals surface area contributed by atoms with E-state index in [9.17, 15) is 9.90 Å². The number of rotatable bonds is 6. The molecule has 2 atom stereocenters. The summed E-state index contributed by atoms with van der Waals surface area (Å²) in [4.78, 5) is 13.5. The summed E-state index contributed by atoms with van der Waals surface area (Å²) in [5.41, 5.74) is 0. The second-order valence-corrected chi connectivity index (χ2v) is 4.57. The van der Waals surface area contributed by atoms with Crippen LogP contribution in [0.1, 0.15) is 49.0 Å². The van der Waals surface area contributed by atoms with Crippen molar-refractivity contribution >= 4 is 19.5 Å². The van der Waals surface area contributed by atoms with Crippen LogP contribution in [0.3, 0.4) is 0 Å². The largest absolute Gasteiger partial charge is 0.464 e. The van der Waals surface area contributed by atoms with E-state index in [1.165, 1.54) is 0 Å². The fourth-order valence-electron chi connectivity index (χ4n) is 2.12. The monoisotopic (exact) mass is 281 g/mol. The average molecular weight is 281 g/mol. The summed E-state index contributed by atoms with van der Waals surface area (Å²) in [7, 11) is 0. The highest BCUT2D eigenvalue weighted by Gasteiger charge is 2.31. The summed E-state index contributed by atoms with van der Waals surface area (Å²) in [6.07, 6.45) is -1.08. The van der Waals surface area contributed by atoms with Gasteiger partial charge in [0.25, 0.3) is 0 Å². The molecule has 0 saturated carbocycles. The first-order valence-electron chi connectivity index (χ1n) is 5.95. The fourth-order valence-corrected chi connectivity index (χ4v) is 2.12. The lowest BCUT2D eigenvalue weighted by atomic mass is 10.1. The van der Waals surface area contributed by atoms with Crippen molar-refractivity contribution in [1.29, 1.82) is 0 Å². The van der Waals surface area contributed by atoms with Crippen molar-refractivity contribution < 1.29 is 14.6 Å². The summed E-state index contributed by atoms with van der Waals surface area (Å²) in [5.74, 6) is -0.540. The van der Waals surface area contributed by atoms with E-state index in [4.69, 9.17) is 4.74 Å². The smallest absolute Gasteiger partial charge is 0.336 e. The number of carbonyl (C=O) groups excluding carboxylic acids is 1. The molecule has 0 aliphatic carbocycles. The third-order valence-corrected chi connectivity index (χ3v) is 2.65. The Balaban J connectivity index is -0.00000112. The second-order valence-electron chi connectivity index (χ2n) is 4.57. The molecule has 0 spiro atoms. The number of aliphatic hydroxyl groups excluding tert-OH is 1. The van der Waals surface area contributed by atoms with Crippen molar-refractivity contribution in [2.24, 2.45) is 0 Å². The first kappa shape index (κ1) is 22.9. The maximum atomic E-state index is 11.4. The van der Waals surface area contributed by atoms with Crippen LogP contribution in [-0.2, 0) is 9.53 Å². The van der Waals surface area contributed by atoms with Gasteiger partial charge in [-0.05, 0) is 41.5 Å². The highest BCUT2D eigenvalue weighted by atomic mass is 32.1. The minimum atomic E-state index is -1.08. The molecule has 0 radical (unpaired) electrons. The number of hydrogen-bond donors (Lipinski definition) is 1. The molecule has 0 heterocycles. The number of aliphatic hydroxyl groups is 1.